The van der Waals surface area contributed by atoms with Gasteiger partial charge in [-0.15, -0.1) is 0 Å². The van der Waals surface area contributed by atoms with E-state index in [9.17, 15) is 8.42 Å². The van der Waals surface area contributed by atoms with Gasteiger partial charge in [-0.05, 0) is 27.7 Å². The Morgan fingerprint density at radius 1 is 1.07 bits per heavy atom. The highest BCUT2D eigenvalue weighted by atomic mass is 32.2. The van der Waals surface area contributed by atoms with Crippen molar-refractivity contribution in [2.24, 2.45) is 0 Å². The van der Waals surface area contributed by atoms with Crippen LogP contribution in [0.5, 0.6) is 0 Å². The molecule has 10 nitrogen and oxygen atoms in total. The number of aromatic nitrogens is 6. The normalized spacial score (nSPS) is 11.7. The monoisotopic (exact) mass is 390 g/mol. The fourth-order valence-corrected chi connectivity index (χ4v) is 4.09. The maximum absolute atomic E-state index is 12.4. The summed E-state index contributed by atoms with van der Waals surface area (Å²) in [4.78, 5) is 12.9. The maximum atomic E-state index is 12.4. The first-order valence-electron chi connectivity index (χ1n) is 8.37. The molecule has 3 aromatic rings. The third-order valence-corrected chi connectivity index (χ3v) is 5.93. The second-order valence-corrected chi connectivity index (χ2v) is 7.84. The van der Waals surface area contributed by atoms with Gasteiger partial charge >= 0.3 is 0 Å². The van der Waals surface area contributed by atoms with Gasteiger partial charge < -0.3 is 5.32 Å². The zero-order chi connectivity index (χ0) is 19.6. The molecule has 0 fully saturated rings. The Hall–Kier alpha value is -2.79. The van der Waals surface area contributed by atoms with E-state index in [1.165, 1.54) is 6.33 Å². The van der Waals surface area contributed by atoms with E-state index in [2.05, 4.69) is 35.2 Å². The highest BCUT2D eigenvalue weighted by molar-refractivity contribution is 7.89. The average Bonchev–Trinajstić information content (AvgIpc) is 3.14. The number of hydrogen-bond donors (Lipinski definition) is 3. The van der Waals surface area contributed by atoms with Gasteiger partial charge in [-0.2, -0.15) is 5.10 Å². The molecule has 0 saturated carbocycles. The first-order chi connectivity index (χ1) is 12.8. The molecular weight excluding hydrogens is 368 g/mol. The molecule has 0 aromatic carbocycles. The minimum absolute atomic E-state index is 0.192. The molecule has 0 spiro atoms. The number of rotatable bonds is 7. The van der Waals surface area contributed by atoms with Crippen molar-refractivity contribution in [3.63, 3.8) is 0 Å². The third kappa shape index (κ3) is 3.98. The van der Waals surface area contributed by atoms with Crippen LogP contribution in [-0.2, 0) is 10.0 Å². The van der Waals surface area contributed by atoms with E-state index in [0.29, 0.717) is 29.6 Å². The maximum Gasteiger partial charge on any atom is 0.244 e. The summed E-state index contributed by atoms with van der Waals surface area (Å²) >= 11 is 0. The van der Waals surface area contributed by atoms with Crippen LogP contribution in [-0.4, -0.2) is 51.2 Å². The summed E-state index contributed by atoms with van der Waals surface area (Å²) in [6.45, 7) is 7.80. The summed E-state index contributed by atoms with van der Waals surface area (Å²) in [5.74, 6) is 1.29. The second kappa shape index (κ2) is 7.45. The van der Waals surface area contributed by atoms with Crippen LogP contribution in [0.1, 0.15) is 22.8 Å². The lowest BCUT2D eigenvalue weighted by Gasteiger charge is -2.10. The molecule has 0 aliphatic heterocycles. The molecule has 0 bridgehead atoms. The summed E-state index contributed by atoms with van der Waals surface area (Å²) in [6.07, 6.45) is 3.16. The van der Waals surface area contributed by atoms with Gasteiger partial charge in [-0.25, -0.2) is 28.1 Å². The lowest BCUT2D eigenvalue weighted by Crippen LogP contribution is -2.29. The van der Waals surface area contributed by atoms with E-state index < -0.39 is 10.0 Å². The van der Waals surface area contributed by atoms with Crippen molar-refractivity contribution in [2.45, 2.75) is 32.6 Å². The minimum Gasteiger partial charge on any atom is -0.369 e. The van der Waals surface area contributed by atoms with Crippen molar-refractivity contribution in [2.75, 3.05) is 18.4 Å². The summed E-state index contributed by atoms with van der Waals surface area (Å²) in [5.41, 5.74) is 2.89. The number of nitrogens with one attached hydrogen (secondary N) is 3. The summed E-state index contributed by atoms with van der Waals surface area (Å²) in [6, 6.07) is 1.78. The topological polar surface area (TPSA) is 130 Å². The molecule has 3 N–H and O–H groups in total. The lowest BCUT2D eigenvalue weighted by atomic mass is 10.4. The standard InChI is InChI=1S/C16H22N8O2S/c1-10-13(4)24(9-20-10)15-7-14(18-8-19-15)17-5-6-21-27(25,26)16-11(2)22-23-12(16)3/h7-9,21H,5-6H2,1-4H3,(H,22,23)(H,17,18,19). The van der Waals surface area contributed by atoms with E-state index in [0.717, 1.165) is 11.4 Å². The Morgan fingerprint density at radius 3 is 2.48 bits per heavy atom. The van der Waals surface area contributed by atoms with Gasteiger partial charge in [0.25, 0.3) is 0 Å². The fraction of sp³-hybridized carbons (Fsp3) is 0.375. The Labute approximate surface area is 157 Å². The van der Waals surface area contributed by atoms with Gasteiger partial charge in [0.2, 0.25) is 10.0 Å². The van der Waals surface area contributed by atoms with E-state index in [1.807, 2.05) is 18.4 Å². The molecule has 0 aliphatic rings. The SMILES string of the molecule is Cc1n[nH]c(C)c1S(=O)(=O)NCCNc1cc(-n2cnc(C)c2C)ncn1. The fourth-order valence-electron chi connectivity index (χ4n) is 2.69. The molecule has 11 heteroatoms. The Bertz CT molecular complexity index is 1030. The van der Waals surface area contributed by atoms with Gasteiger partial charge in [0.15, 0.2) is 0 Å². The number of hydrogen-bond acceptors (Lipinski definition) is 7. The Balaban J connectivity index is 1.61. The second-order valence-electron chi connectivity index (χ2n) is 6.13. The predicted octanol–water partition coefficient (Wildman–Crippen LogP) is 1.01. The van der Waals surface area contributed by atoms with Gasteiger partial charge in [0, 0.05) is 24.8 Å². The van der Waals surface area contributed by atoms with Crippen LogP contribution in [0, 0.1) is 27.7 Å². The van der Waals surface area contributed by atoms with Crippen molar-refractivity contribution in [1.82, 2.24) is 34.4 Å². The smallest absolute Gasteiger partial charge is 0.244 e. The lowest BCUT2D eigenvalue weighted by molar-refractivity contribution is 0.581. The van der Waals surface area contributed by atoms with Gasteiger partial charge in [-0.1, -0.05) is 0 Å². The molecular formula is C16H22N8O2S. The number of aromatic amines is 1. The quantitative estimate of drug-likeness (QED) is 0.513. The summed E-state index contributed by atoms with van der Waals surface area (Å²) < 4.78 is 29.2. The minimum atomic E-state index is -3.62. The molecule has 0 radical (unpaired) electrons. The molecule has 0 saturated heterocycles. The van der Waals surface area contributed by atoms with Crippen molar-refractivity contribution < 1.29 is 8.42 Å². The van der Waals surface area contributed by atoms with Crippen LogP contribution >= 0.6 is 0 Å². The number of sulfonamides is 1. The summed E-state index contributed by atoms with van der Waals surface area (Å²) in [7, 11) is -3.62. The van der Waals surface area contributed by atoms with Gasteiger partial charge in [0.1, 0.15) is 29.2 Å². The van der Waals surface area contributed by atoms with Gasteiger partial charge in [0.05, 0.1) is 17.1 Å². The van der Waals surface area contributed by atoms with E-state index in [-0.39, 0.29) is 11.4 Å². The van der Waals surface area contributed by atoms with Crippen LogP contribution in [0.4, 0.5) is 5.82 Å². The first kappa shape index (κ1) is 19.0. The molecule has 3 heterocycles. The first-order valence-corrected chi connectivity index (χ1v) is 9.86. The number of aryl methyl sites for hydroxylation is 3. The predicted molar refractivity (Wildman–Crippen MR) is 100 cm³/mol. The van der Waals surface area contributed by atoms with Crippen LogP contribution in [0.2, 0.25) is 0 Å². The van der Waals surface area contributed by atoms with E-state index in [1.54, 1.807) is 26.2 Å². The zero-order valence-corrected chi connectivity index (χ0v) is 16.4. The highest BCUT2D eigenvalue weighted by Gasteiger charge is 2.21. The van der Waals surface area contributed by atoms with Crippen molar-refractivity contribution in [3.8, 4) is 5.82 Å². The molecule has 144 valence electrons. The van der Waals surface area contributed by atoms with E-state index in [4.69, 9.17) is 0 Å². The highest BCUT2D eigenvalue weighted by Crippen LogP contribution is 2.16. The largest absolute Gasteiger partial charge is 0.369 e. The van der Waals surface area contributed by atoms with Crippen LogP contribution in [0.3, 0.4) is 0 Å². The van der Waals surface area contributed by atoms with Crippen LogP contribution < -0.4 is 10.0 Å². The molecule has 0 amide bonds. The van der Waals surface area contributed by atoms with Crippen LogP contribution in [0.15, 0.2) is 23.6 Å². The number of imidazole rings is 1. The Kier molecular flexibility index (Phi) is 5.24. The van der Waals surface area contributed by atoms with E-state index >= 15 is 0 Å². The zero-order valence-electron chi connectivity index (χ0n) is 15.6. The number of nitrogens with zero attached hydrogens (tertiary/aromatic N) is 5. The average molecular weight is 390 g/mol. The van der Waals surface area contributed by atoms with Crippen molar-refractivity contribution in [3.05, 3.63) is 41.5 Å². The number of anilines is 1. The molecule has 0 aliphatic carbocycles. The Morgan fingerprint density at radius 2 is 1.85 bits per heavy atom. The molecule has 0 unspecified atom stereocenters. The van der Waals surface area contributed by atoms with Crippen molar-refractivity contribution >= 4 is 15.8 Å². The molecule has 3 aromatic heterocycles. The molecule has 27 heavy (non-hydrogen) atoms. The molecule has 3 rings (SSSR count). The summed E-state index contributed by atoms with van der Waals surface area (Å²) in [5, 5.41) is 9.69. The third-order valence-electron chi connectivity index (χ3n) is 4.20. The molecule has 0 atom stereocenters. The number of H-pyrrole nitrogens is 1. The van der Waals surface area contributed by atoms with Crippen LogP contribution in [0.25, 0.3) is 5.82 Å². The van der Waals surface area contributed by atoms with Crippen molar-refractivity contribution in [1.29, 1.82) is 0 Å². The van der Waals surface area contributed by atoms with Gasteiger partial charge in [-0.3, -0.25) is 9.67 Å².